The number of aryl methyl sites for hydroxylation is 1. The zero-order valence-electron chi connectivity index (χ0n) is 16.4. The van der Waals surface area contributed by atoms with Crippen LogP contribution in [-0.4, -0.2) is 60.0 Å². The van der Waals surface area contributed by atoms with Gasteiger partial charge in [-0.3, -0.25) is 14.6 Å². The maximum atomic E-state index is 11.8. The summed E-state index contributed by atoms with van der Waals surface area (Å²) in [5.41, 5.74) is 3.70. The molecule has 0 spiro atoms. The summed E-state index contributed by atoms with van der Waals surface area (Å²) in [5, 5.41) is 6.22. The molecule has 5 nitrogen and oxygen atoms in total. The van der Waals surface area contributed by atoms with Crippen LogP contribution in [0.4, 0.5) is 0 Å². The molecule has 0 unspecified atom stereocenters. The Morgan fingerprint density at radius 2 is 1.81 bits per heavy atom. The molecule has 1 aromatic heterocycles. The Morgan fingerprint density at radius 1 is 1.11 bits per heavy atom. The molecule has 1 aromatic carbocycles. The van der Waals surface area contributed by atoms with Gasteiger partial charge < -0.3 is 5.32 Å². The molecule has 0 radical (unpaired) electrons. The van der Waals surface area contributed by atoms with Crippen LogP contribution in [-0.2, 0) is 17.8 Å². The van der Waals surface area contributed by atoms with Crippen molar-refractivity contribution in [1.82, 2.24) is 20.1 Å². The SMILES string of the molecule is CCCNC(=O)CN1CCN(Cc2csc(-c3ccc(CC)cc3)n2)CC1. The molecule has 3 rings (SSSR count). The minimum Gasteiger partial charge on any atom is -0.355 e. The van der Waals surface area contributed by atoms with Crippen molar-refractivity contribution in [2.75, 3.05) is 39.3 Å². The molecule has 146 valence electrons. The van der Waals surface area contributed by atoms with Crippen molar-refractivity contribution >= 4 is 17.2 Å². The number of rotatable bonds is 8. The third-order valence-corrected chi connectivity index (χ3v) is 5.89. The standard InChI is InChI=1S/C21H30N4OS/c1-3-9-22-20(26)15-25-12-10-24(11-13-25)14-19-16-27-21(23-19)18-7-5-17(4-2)6-8-18/h5-8,16H,3-4,9-15H2,1-2H3,(H,22,26). The molecule has 2 aromatic rings. The first-order chi connectivity index (χ1) is 13.2. The molecule has 27 heavy (non-hydrogen) atoms. The van der Waals surface area contributed by atoms with Gasteiger partial charge in [-0.1, -0.05) is 38.1 Å². The summed E-state index contributed by atoms with van der Waals surface area (Å²) >= 11 is 1.72. The summed E-state index contributed by atoms with van der Waals surface area (Å²) in [6.45, 7) is 10.3. The molecule has 1 aliphatic rings. The zero-order chi connectivity index (χ0) is 19.1. The van der Waals surface area contributed by atoms with Crippen LogP contribution >= 0.6 is 11.3 Å². The second-order valence-corrected chi connectivity index (χ2v) is 7.95. The largest absolute Gasteiger partial charge is 0.355 e. The van der Waals surface area contributed by atoms with Crippen molar-refractivity contribution in [3.05, 3.63) is 40.9 Å². The molecule has 1 saturated heterocycles. The van der Waals surface area contributed by atoms with Crippen LogP contribution in [0.1, 0.15) is 31.5 Å². The molecule has 6 heteroatoms. The highest BCUT2D eigenvalue weighted by Gasteiger charge is 2.19. The summed E-state index contributed by atoms with van der Waals surface area (Å²) in [5.74, 6) is 0.142. The van der Waals surface area contributed by atoms with E-state index in [0.29, 0.717) is 6.54 Å². The van der Waals surface area contributed by atoms with Crippen LogP contribution in [0, 0.1) is 0 Å². The van der Waals surface area contributed by atoms with Crippen molar-refractivity contribution in [2.45, 2.75) is 33.2 Å². The van der Waals surface area contributed by atoms with E-state index in [1.807, 2.05) is 0 Å². The Balaban J connectivity index is 1.46. The summed E-state index contributed by atoms with van der Waals surface area (Å²) < 4.78 is 0. The molecule has 1 aliphatic heterocycles. The number of carbonyl (C=O) groups is 1. The predicted molar refractivity (Wildman–Crippen MR) is 112 cm³/mol. The van der Waals surface area contributed by atoms with E-state index in [2.05, 4.69) is 58.6 Å². The van der Waals surface area contributed by atoms with Crippen molar-refractivity contribution in [1.29, 1.82) is 0 Å². The fraction of sp³-hybridized carbons (Fsp3) is 0.524. The molecular formula is C21H30N4OS. The first kappa shape index (κ1) is 20.0. The number of thiazole rings is 1. The van der Waals surface area contributed by atoms with E-state index in [-0.39, 0.29) is 5.91 Å². The predicted octanol–water partition coefficient (Wildman–Crippen LogP) is 3.02. The van der Waals surface area contributed by atoms with Gasteiger partial charge in [0, 0.05) is 50.2 Å². The molecule has 0 saturated carbocycles. The number of hydrogen-bond donors (Lipinski definition) is 1. The van der Waals surface area contributed by atoms with Gasteiger partial charge in [0.15, 0.2) is 0 Å². The molecule has 1 amide bonds. The van der Waals surface area contributed by atoms with Gasteiger partial charge >= 0.3 is 0 Å². The molecule has 0 bridgehead atoms. The zero-order valence-corrected chi connectivity index (χ0v) is 17.2. The van der Waals surface area contributed by atoms with Crippen molar-refractivity contribution in [2.24, 2.45) is 0 Å². The topological polar surface area (TPSA) is 48.5 Å². The number of benzene rings is 1. The second kappa shape index (κ2) is 9.97. The van der Waals surface area contributed by atoms with Gasteiger partial charge in [0.25, 0.3) is 0 Å². The quantitative estimate of drug-likeness (QED) is 0.758. The van der Waals surface area contributed by atoms with Crippen molar-refractivity contribution in [3.63, 3.8) is 0 Å². The van der Waals surface area contributed by atoms with Gasteiger partial charge in [-0.25, -0.2) is 4.98 Å². The average molecular weight is 387 g/mol. The van der Waals surface area contributed by atoms with E-state index < -0.39 is 0 Å². The number of piperazine rings is 1. The van der Waals surface area contributed by atoms with E-state index in [1.165, 1.54) is 11.1 Å². The lowest BCUT2D eigenvalue weighted by atomic mass is 10.1. The van der Waals surface area contributed by atoms with Gasteiger partial charge in [0.05, 0.1) is 12.2 Å². The third-order valence-electron chi connectivity index (χ3n) is 4.95. The van der Waals surface area contributed by atoms with Gasteiger partial charge in [-0.05, 0) is 18.4 Å². The molecule has 1 fully saturated rings. The lowest BCUT2D eigenvalue weighted by Gasteiger charge is -2.33. The van der Waals surface area contributed by atoms with E-state index in [9.17, 15) is 4.79 Å². The molecule has 0 aliphatic carbocycles. The molecule has 1 N–H and O–H groups in total. The first-order valence-corrected chi connectivity index (χ1v) is 10.8. The fourth-order valence-electron chi connectivity index (χ4n) is 3.25. The molecule has 0 atom stereocenters. The van der Waals surface area contributed by atoms with Crippen LogP contribution in [0.3, 0.4) is 0 Å². The highest BCUT2D eigenvalue weighted by atomic mass is 32.1. The summed E-state index contributed by atoms with van der Waals surface area (Å²) in [4.78, 5) is 21.3. The molecular weight excluding hydrogens is 356 g/mol. The fourth-order valence-corrected chi connectivity index (χ4v) is 4.07. The van der Waals surface area contributed by atoms with Crippen LogP contribution in [0.25, 0.3) is 10.6 Å². The number of aromatic nitrogens is 1. The summed E-state index contributed by atoms with van der Waals surface area (Å²) in [6.07, 6.45) is 2.05. The van der Waals surface area contributed by atoms with Gasteiger partial charge in [-0.2, -0.15) is 0 Å². The Morgan fingerprint density at radius 3 is 2.48 bits per heavy atom. The number of nitrogens with zero attached hydrogens (tertiary/aromatic N) is 3. The monoisotopic (exact) mass is 386 g/mol. The number of carbonyl (C=O) groups excluding carboxylic acids is 1. The summed E-state index contributed by atoms with van der Waals surface area (Å²) in [7, 11) is 0. The number of nitrogens with one attached hydrogen (secondary N) is 1. The van der Waals surface area contributed by atoms with E-state index in [4.69, 9.17) is 4.98 Å². The van der Waals surface area contributed by atoms with E-state index in [1.54, 1.807) is 11.3 Å². The minimum absolute atomic E-state index is 0.142. The van der Waals surface area contributed by atoms with Gasteiger partial charge in [-0.15, -0.1) is 11.3 Å². The normalized spacial score (nSPS) is 15.8. The Labute approximate surface area is 166 Å². The van der Waals surface area contributed by atoms with Gasteiger partial charge in [0.2, 0.25) is 5.91 Å². The highest BCUT2D eigenvalue weighted by Crippen LogP contribution is 2.25. The first-order valence-electron chi connectivity index (χ1n) is 9.93. The lowest BCUT2D eigenvalue weighted by molar-refractivity contribution is -0.122. The van der Waals surface area contributed by atoms with E-state index >= 15 is 0 Å². The minimum atomic E-state index is 0.142. The van der Waals surface area contributed by atoms with Gasteiger partial charge in [0.1, 0.15) is 5.01 Å². The van der Waals surface area contributed by atoms with Crippen LogP contribution in [0.5, 0.6) is 0 Å². The summed E-state index contributed by atoms with van der Waals surface area (Å²) in [6, 6.07) is 8.71. The molecule has 2 heterocycles. The Kier molecular flexibility index (Phi) is 7.38. The van der Waals surface area contributed by atoms with Crippen molar-refractivity contribution in [3.8, 4) is 10.6 Å². The average Bonchev–Trinajstić information content (AvgIpc) is 3.16. The van der Waals surface area contributed by atoms with Crippen LogP contribution in [0.2, 0.25) is 0 Å². The second-order valence-electron chi connectivity index (χ2n) is 7.10. The van der Waals surface area contributed by atoms with Crippen LogP contribution in [0.15, 0.2) is 29.6 Å². The maximum Gasteiger partial charge on any atom is 0.234 e. The third kappa shape index (κ3) is 5.86. The maximum absolute atomic E-state index is 11.8. The number of hydrogen-bond acceptors (Lipinski definition) is 5. The Bertz CT molecular complexity index is 720. The van der Waals surface area contributed by atoms with E-state index in [0.717, 1.165) is 62.8 Å². The number of amides is 1. The highest BCUT2D eigenvalue weighted by molar-refractivity contribution is 7.13. The van der Waals surface area contributed by atoms with Crippen molar-refractivity contribution < 1.29 is 4.79 Å². The Hall–Kier alpha value is -1.76. The van der Waals surface area contributed by atoms with Crippen LogP contribution < -0.4 is 5.32 Å². The lowest BCUT2D eigenvalue weighted by Crippen LogP contribution is -2.49. The smallest absolute Gasteiger partial charge is 0.234 e.